The number of halogens is 1. The zero-order chi connectivity index (χ0) is 12.3. The van der Waals surface area contributed by atoms with E-state index in [-0.39, 0.29) is 0 Å². The summed E-state index contributed by atoms with van der Waals surface area (Å²) in [5.74, 6) is 1.26. The van der Waals surface area contributed by atoms with Crippen molar-refractivity contribution < 1.29 is 0 Å². The van der Waals surface area contributed by atoms with E-state index in [0.29, 0.717) is 6.04 Å². The van der Waals surface area contributed by atoms with Gasteiger partial charge < -0.3 is 4.90 Å². The molecule has 0 bridgehead atoms. The van der Waals surface area contributed by atoms with Gasteiger partial charge in [0.1, 0.15) is 5.82 Å². The van der Waals surface area contributed by atoms with Gasteiger partial charge in [0.2, 0.25) is 0 Å². The molecular weight excluding hydrogens is 266 g/mol. The Hall–Kier alpha value is -0.510. The topological polar surface area (TPSA) is 21.1 Å². The highest BCUT2D eigenvalue weighted by Gasteiger charge is 2.19. The standard InChI is InChI=1S/C12H22BrN3/c1-6-7-16(9(2)3)12-11(8-13)10(4)14-15(12)5/h9H,6-8H2,1-5H3. The molecule has 0 saturated carbocycles. The number of nitrogens with zero attached hydrogens (tertiary/aromatic N) is 3. The van der Waals surface area contributed by atoms with Gasteiger partial charge >= 0.3 is 0 Å². The lowest BCUT2D eigenvalue weighted by Crippen LogP contribution is -2.33. The van der Waals surface area contributed by atoms with Gasteiger partial charge in [-0.1, -0.05) is 22.9 Å². The smallest absolute Gasteiger partial charge is 0.131 e. The lowest BCUT2D eigenvalue weighted by Gasteiger charge is -2.29. The van der Waals surface area contributed by atoms with Crippen molar-refractivity contribution >= 4 is 21.7 Å². The molecule has 0 aromatic carbocycles. The monoisotopic (exact) mass is 287 g/mol. The van der Waals surface area contributed by atoms with Gasteiger partial charge in [0.05, 0.1) is 5.69 Å². The van der Waals surface area contributed by atoms with Gasteiger partial charge in [0.15, 0.2) is 0 Å². The third-order valence-corrected chi connectivity index (χ3v) is 3.37. The minimum absolute atomic E-state index is 0.507. The molecule has 16 heavy (non-hydrogen) atoms. The second-order valence-corrected chi connectivity index (χ2v) is 4.99. The number of hydrogen-bond donors (Lipinski definition) is 0. The molecule has 0 atom stereocenters. The predicted molar refractivity (Wildman–Crippen MR) is 73.3 cm³/mol. The van der Waals surface area contributed by atoms with Crippen LogP contribution in [0, 0.1) is 6.92 Å². The maximum Gasteiger partial charge on any atom is 0.131 e. The van der Waals surface area contributed by atoms with Gasteiger partial charge in [-0.2, -0.15) is 5.10 Å². The highest BCUT2D eigenvalue weighted by Crippen LogP contribution is 2.27. The molecule has 0 unspecified atom stereocenters. The van der Waals surface area contributed by atoms with Gasteiger partial charge in [-0.05, 0) is 27.2 Å². The molecule has 0 fully saturated rings. The zero-order valence-corrected chi connectivity index (χ0v) is 12.5. The van der Waals surface area contributed by atoms with Crippen molar-refractivity contribution in [3.8, 4) is 0 Å². The highest BCUT2D eigenvalue weighted by molar-refractivity contribution is 9.08. The summed E-state index contributed by atoms with van der Waals surface area (Å²) in [4.78, 5) is 2.43. The van der Waals surface area contributed by atoms with E-state index >= 15 is 0 Å². The van der Waals surface area contributed by atoms with Crippen molar-refractivity contribution in [2.24, 2.45) is 7.05 Å². The van der Waals surface area contributed by atoms with Crippen molar-refractivity contribution in [3.05, 3.63) is 11.3 Å². The Bertz CT molecular complexity index is 344. The largest absolute Gasteiger partial charge is 0.354 e. The average molecular weight is 288 g/mol. The van der Waals surface area contributed by atoms with Crippen LogP contribution in [-0.4, -0.2) is 22.4 Å². The van der Waals surface area contributed by atoms with E-state index in [9.17, 15) is 0 Å². The number of alkyl halides is 1. The summed E-state index contributed by atoms with van der Waals surface area (Å²) < 4.78 is 2.00. The van der Waals surface area contributed by atoms with E-state index in [2.05, 4.69) is 53.6 Å². The van der Waals surface area contributed by atoms with Crippen LogP contribution in [0.15, 0.2) is 0 Å². The number of aryl methyl sites for hydroxylation is 2. The van der Waals surface area contributed by atoms with Crippen LogP contribution in [0.1, 0.15) is 38.4 Å². The molecule has 0 aliphatic heterocycles. The summed E-state index contributed by atoms with van der Waals surface area (Å²) in [5, 5.41) is 5.38. The minimum Gasteiger partial charge on any atom is -0.354 e. The lowest BCUT2D eigenvalue weighted by atomic mass is 10.2. The molecule has 0 saturated heterocycles. The van der Waals surface area contributed by atoms with Crippen LogP contribution in [-0.2, 0) is 12.4 Å². The Morgan fingerprint density at radius 2 is 2.06 bits per heavy atom. The molecular formula is C12H22BrN3. The number of hydrogen-bond acceptors (Lipinski definition) is 2. The van der Waals surface area contributed by atoms with Crippen molar-refractivity contribution in [1.29, 1.82) is 0 Å². The van der Waals surface area contributed by atoms with Crippen molar-refractivity contribution in [2.45, 2.75) is 45.5 Å². The molecule has 92 valence electrons. The molecule has 0 spiro atoms. The lowest BCUT2D eigenvalue weighted by molar-refractivity contribution is 0.627. The maximum absolute atomic E-state index is 4.51. The number of aromatic nitrogens is 2. The maximum atomic E-state index is 4.51. The fourth-order valence-corrected chi connectivity index (χ4v) is 2.71. The van der Waals surface area contributed by atoms with E-state index in [4.69, 9.17) is 0 Å². The first kappa shape index (κ1) is 13.6. The molecule has 1 aromatic rings. The Kier molecular flexibility index (Phi) is 4.84. The molecule has 4 heteroatoms. The number of rotatable bonds is 5. The summed E-state index contributed by atoms with van der Waals surface area (Å²) in [7, 11) is 2.03. The molecule has 3 nitrogen and oxygen atoms in total. The molecule has 0 radical (unpaired) electrons. The Balaban J connectivity index is 3.16. The van der Waals surface area contributed by atoms with Gasteiger partial charge in [0, 0.05) is 30.5 Å². The zero-order valence-electron chi connectivity index (χ0n) is 10.9. The fourth-order valence-electron chi connectivity index (χ4n) is 2.06. The van der Waals surface area contributed by atoms with Crippen LogP contribution in [0.3, 0.4) is 0 Å². The molecule has 1 rings (SSSR count). The average Bonchev–Trinajstić information content (AvgIpc) is 2.49. The summed E-state index contributed by atoms with van der Waals surface area (Å²) >= 11 is 3.56. The third-order valence-electron chi connectivity index (χ3n) is 2.81. The third kappa shape index (κ3) is 2.59. The van der Waals surface area contributed by atoms with Gasteiger partial charge in [0.25, 0.3) is 0 Å². The quantitative estimate of drug-likeness (QED) is 0.776. The fraction of sp³-hybridized carbons (Fsp3) is 0.750. The van der Waals surface area contributed by atoms with Crippen molar-refractivity contribution in [3.63, 3.8) is 0 Å². The van der Waals surface area contributed by atoms with E-state index < -0.39 is 0 Å². The van der Waals surface area contributed by atoms with E-state index in [1.807, 2.05) is 11.7 Å². The van der Waals surface area contributed by atoms with Crippen molar-refractivity contribution in [1.82, 2.24) is 9.78 Å². The molecule has 1 aromatic heterocycles. The minimum atomic E-state index is 0.507. The van der Waals surface area contributed by atoms with Gasteiger partial charge in [-0.3, -0.25) is 4.68 Å². The van der Waals surface area contributed by atoms with Crippen LogP contribution in [0.25, 0.3) is 0 Å². The van der Waals surface area contributed by atoms with Crippen LogP contribution < -0.4 is 4.90 Å². The first-order valence-corrected chi connectivity index (χ1v) is 7.00. The first-order chi connectivity index (χ1) is 7.52. The summed E-state index contributed by atoms with van der Waals surface area (Å²) in [5.41, 5.74) is 2.43. The number of anilines is 1. The molecule has 0 N–H and O–H groups in total. The predicted octanol–water partition coefficient (Wildman–Crippen LogP) is 3.25. The molecule has 0 aliphatic rings. The van der Waals surface area contributed by atoms with Crippen LogP contribution >= 0.6 is 15.9 Å². The SMILES string of the molecule is CCCN(c1c(CBr)c(C)nn1C)C(C)C. The second-order valence-electron chi connectivity index (χ2n) is 4.43. The van der Waals surface area contributed by atoms with Gasteiger partial charge in [-0.15, -0.1) is 0 Å². The molecule has 0 aliphatic carbocycles. The molecule has 0 amide bonds. The summed E-state index contributed by atoms with van der Waals surface area (Å²) in [6.07, 6.45) is 1.16. The Morgan fingerprint density at radius 3 is 2.50 bits per heavy atom. The second kappa shape index (κ2) is 5.71. The van der Waals surface area contributed by atoms with Crippen molar-refractivity contribution in [2.75, 3.05) is 11.4 Å². The van der Waals surface area contributed by atoms with E-state index in [1.54, 1.807) is 0 Å². The molecule has 1 heterocycles. The van der Waals surface area contributed by atoms with E-state index in [1.165, 1.54) is 11.4 Å². The summed E-state index contributed by atoms with van der Waals surface area (Å²) in [6.45, 7) is 9.83. The van der Waals surface area contributed by atoms with Crippen LogP contribution in [0.4, 0.5) is 5.82 Å². The summed E-state index contributed by atoms with van der Waals surface area (Å²) in [6, 6.07) is 0.507. The van der Waals surface area contributed by atoms with Gasteiger partial charge in [-0.25, -0.2) is 0 Å². The van der Waals surface area contributed by atoms with E-state index in [0.717, 1.165) is 24.0 Å². The Morgan fingerprint density at radius 1 is 1.44 bits per heavy atom. The highest BCUT2D eigenvalue weighted by atomic mass is 79.9. The van der Waals surface area contributed by atoms with Crippen LogP contribution in [0.2, 0.25) is 0 Å². The first-order valence-electron chi connectivity index (χ1n) is 5.88. The van der Waals surface area contributed by atoms with Crippen LogP contribution in [0.5, 0.6) is 0 Å². The Labute approximate surface area is 107 Å². The normalized spacial score (nSPS) is 11.2.